The molecule has 2 heterocycles. The third kappa shape index (κ3) is 1.63. The smallest absolute Gasteiger partial charge is 0.343 e. The molecule has 1 aliphatic heterocycles. The number of carbonyl (C=O) groups is 1. The van der Waals surface area contributed by atoms with Gasteiger partial charge in [0, 0.05) is 32.3 Å². The van der Waals surface area contributed by atoms with E-state index in [9.17, 15) is 9.59 Å². The van der Waals surface area contributed by atoms with Gasteiger partial charge >= 0.3 is 5.97 Å². The average molecular weight is 222 g/mol. The zero-order valence-corrected chi connectivity index (χ0v) is 9.37. The van der Waals surface area contributed by atoms with Crippen molar-refractivity contribution in [3.63, 3.8) is 0 Å². The first kappa shape index (κ1) is 10.9. The minimum atomic E-state index is -0.575. The first-order valence-corrected chi connectivity index (χ1v) is 5.16. The van der Waals surface area contributed by atoms with Crippen LogP contribution in [-0.2, 0) is 24.8 Å². The number of hydrogen-bond donors (Lipinski definition) is 1. The number of fused-ring (bicyclic) bond motifs is 1. The van der Waals surface area contributed by atoms with E-state index in [-0.39, 0.29) is 11.1 Å². The van der Waals surface area contributed by atoms with Crippen molar-refractivity contribution in [2.75, 3.05) is 13.7 Å². The lowest BCUT2D eigenvalue weighted by Gasteiger charge is -2.20. The van der Waals surface area contributed by atoms with Gasteiger partial charge in [-0.05, 0) is 11.6 Å². The van der Waals surface area contributed by atoms with E-state index in [0.29, 0.717) is 6.54 Å². The van der Waals surface area contributed by atoms with Crippen molar-refractivity contribution < 1.29 is 9.53 Å². The quantitative estimate of drug-likeness (QED) is 0.669. The predicted octanol–water partition coefficient (Wildman–Crippen LogP) is -0.182. The molecule has 0 fully saturated rings. The van der Waals surface area contributed by atoms with E-state index in [0.717, 1.165) is 24.2 Å². The van der Waals surface area contributed by atoms with Crippen LogP contribution < -0.4 is 10.9 Å². The predicted molar refractivity (Wildman–Crippen MR) is 58.4 cm³/mol. The topological polar surface area (TPSA) is 60.3 Å². The second-order valence-electron chi connectivity index (χ2n) is 3.81. The van der Waals surface area contributed by atoms with Crippen LogP contribution in [0, 0.1) is 0 Å². The average Bonchev–Trinajstić information content (AvgIpc) is 2.33. The number of methoxy groups -OCH3 is 1. The van der Waals surface area contributed by atoms with Gasteiger partial charge in [-0.25, -0.2) is 4.79 Å². The molecule has 0 amide bonds. The van der Waals surface area contributed by atoms with Gasteiger partial charge in [-0.2, -0.15) is 0 Å². The van der Waals surface area contributed by atoms with Crippen molar-refractivity contribution in [1.82, 2.24) is 9.88 Å². The first-order chi connectivity index (χ1) is 7.65. The van der Waals surface area contributed by atoms with Crippen LogP contribution in [0.4, 0.5) is 0 Å². The Labute approximate surface area is 93.0 Å². The molecule has 0 bridgehead atoms. The highest BCUT2D eigenvalue weighted by Crippen LogP contribution is 2.12. The molecule has 0 atom stereocenters. The van der Waals surface area contributed by atoms with E-state index in [4.69, 9.17) is 0 Å². The van der Waals surface area contributed by atoms with Crippen molar-refractivity contribution in [1.29, 1.82) is 0 Å². The fourth-order valence-electron chi connectivity index (χ4n) is 2.01. The molecule has 0 aromatic carbocycles. The molecule has 1 N–H and O–H groups in total. The highest BCUT2D eigenvalue weighted by atomic mass is 16.5. The van der Waals surface area contributed by atoms with Crippen molar-refractivity contribution in [2.45, 2.75) is 13.0 Å². The van der Waals surface area contributed by atoms with Crippen molar-refractivity contribution in [2.24, 2.45) is 7.05 Å². The maximum Gasteiger partial charge on any atom is 0.343 e. The van der Waals surface area contributed by atoms with E-state index in [1.54, 1.807) is 17.7 Å². The molecule has 16 heavy (non-hydrogen) atoms. The number of aromatic nitrogens is 1. The second kappa shape index (κ2) is 4.09. The zero-order valence-electron chi connectivity index (χ0n) is 9.37. The molecular formula is C11H14N2O3. The summed E-state index contributed by atoms with van der Waals surface area (Å²) in [5, 5.41) is 3.20. The van der Waals surface area contributed by atoms with Gasteiger partial charge in [-0.1, -0.05) is 0 Å². The van der Waals surface area contributed by atoms with Gasteiger partial charge in [0.2, 0.25) is 0 Å². The lowest BCUT2D eigenvalue weighted by atomic mass is 10.0. The Hall–Kier alpha value is -1.62. The van der Waals surface area contributed by atoms with E-state index in [1.807, 2.05) is 0 Å². The van der Waals surface area contributed by atoms with Gasteiger partial charge in [-0.3, -0.25) is 4.79 Å². The molecule has 5 nitrogen and oxygen atoms in total. The monoisotopic (exact) mass is 222 g/mol. The van der Waals surface area contributed by atoms with Crippen LogP contribution in [0.3, 0.4) is 0 Å². The summed E-state index contributed by atoms with van der Waals surface area (Å²) in [4.78, 5) is 23.3. The fraction of sp³-hybridized carbons (Fsp3) is 0.455. The van der Waals surface area contributed by atoms with Crippen molar-refractivity contribution >= 4 is 5.97 Å². The number of nitrogens with one attached hydrogen (secondary N) is 1. The third-order valence-corrected chi connectivity index (χ3v) is 2.89. The van der Waals surface area contributed by atoms with E-state index >= 15 is 0 Å². The Bertz CT molecular complexity index is 491. The first-order valence-electron chi connectivity index (χ1n) is 5.16. The minimum Gasteiger partial charge on any atom is -0.465 e. The van der Waals surface area contributed by atoms with Gasteiger partial charge in [0.05, 0.1) is 7.11 Å². The molecule has 86 valence electrons. The van der Waals surface area contributed by atoms with Crippen LogP contribution in [-0.4, -0.2) is 24.2 Å². The van der Waals surface area contributed by atoms with Crippen LogP contribution >= 0.6 is 0 Å². The molecule has 2 rings (SSSR count). The minimum absolute atomic E-state index is 0.104. The molecule has 1 aliphatic rings. The summed E-state index contributed by atoms with van der Waals surface area (Å²) in [7, 11) is 2.97. The summed E-state index contributed by atoms with van der Waals surface area (Å²) < 4.78 is 6.13. The zero-order chi connectivity index (χ0) is 11.7. The highest BCUT2D eigenvalue weighted by molar-refractivity contribution is 5.89. The summed E-state index contributed by atoms with van der Waals surface area (Å²) in [6, 6.07) is 1.63. The molecule has 0 spiro atoms. The molecule has 0 unspecified atom stereocenters. The summed E-state index contributed by atoms with van der Waals surface area (Å²) >= 11 is 0. The molecule has 0 aliphatic carbocycles. The molecular weight excluding hydrogens is 208 g/mol. The summed E-state index contributed by atoms with van der Waals surface area (Å²) in [5.74, 6) is -0.575. The van der Waals surface area contributed by atoms with Gasteiger partial charge in [-0.15, -0.1) is 0 Å². The number of esters is 1. The Kier molecular flexibility index (Phi) is 2.78. The van der Waals surface area contributed by atoms with Crippen LogP contribution in [0.2, 0.25) is 0 Å². The van der Waals surface area contributed by atoms with Crippen LogP contribution in [0.25, 0.3) is 0 Å². The van der Waals surface area contributed by atoms with Gasteiger partial charge in [0.25, 0.3) is 5.56 Å². The summed E-state index contributed by atoms with van der Waals surface area (Å²) in [5.41, 5.74) is 1.81. The normalized spacial score (nSPS) is 14.4. The SMILES string of the molecule is COC(=O)c1cc2c(n(C)c1=O)CCNC2. The number of carbonyl (C=O) groups excluding carboxylic acids is 1. The number of pyridine rings is 1. The van der Waals surface area contributed by atoms with Gasteiger partial charge in [0.1, 0.15) is 5.56 Å². The highest BCUT2D eigenvalue weighted by Gasteiger charge is 2.19. The van der Waals surface area contributed by atoms with Gasteiger partial charge < -0.3 is 14.6 Å². The van der Waals surface area contributed by atoms with Crippen LogP contribution in [0.15, 0.2) is 10.9 Å². The number of nitrogens with zero attached hydrogens (tertiary/aromatic N) is 1. The Morgan fingerprint density at radius 1 is 1.56 bits per heavy atom. The lowest BCUT2D eigenvalue weighted by molar-refractivity contribution is 0.0597. The molecule has 0 radical (unpaired) electrons. The molecule has 1 aromatic heterocycles. The number of hydrogen-bond acceptors (Lipinski definition) is 4. The van der Waals surface area contributed by atoms with Crippen molar-refractivity contribution in [3.05, 3.63) is 33.2 Å². The standard InChI is InChI=1S/C11H14N2O3/c1-13-9-3-4-12-6-7(9)5-8(10(13)14)11(15)16-2/h5,12H,3-4,6H2,1-2H3. The van der Waals surface area contributed by atoms with E-state index < -0.39 is 5.97 Å². The van der Waals surface area contributed by atoms with Crippen LogP contribution in [0.1, 0.15) is 21.6 Å². The molecule has 0 saturated carbocycles. The Balaban J connectivity index is 2.61. The maximum atomic E-state index is 11.9. The molecule has 5 heteroatoms. The van der Waals surface area contributed by atoms with E-state index in [1.165, 1.54) is 7.11 Å². The maximum absolute atomic E-state index is 11.9. The van der Waals surface area contributed by atoms with Gasteiger partial charge in [0.15, 0.2) is 0 Å². The summed E-state index contributed by atoms with van der Waals surface area (Å²) in [6.45, 7) is 1.55. The van der Waals surface area contributed by atoms with Crippen LogP contribution in [0.5, 0.6) is 0 Å². The third-order valence-electron chi connectivity index (χ3n) is 2.89. The number of ether oxygens (including phenoxy) is 1. The summed E-state index contributed by atoms with van der Waals surface area (Å²) in [6.07, 6.45) is 0.808. The van der Waals surface area contributed by atoms with E-state index in [2.05, 4.69) is 10.1 Å². The number of rotatable bonds is 1. The Morgan fingerprint density at radius 2 is 2.31 bits per heavy atom. The molecule has 1 aromatic rings. The molecule has 0 saturated heterocycles. The lowest BCUT2D eigenvalue weighted by Crippen LogP contribution is -2.34. The second-order valence-corrected chi connectivity index (χ2v) is 3.81. The van der Waals surface area contributed by atoms with Crippen molar-refractivity contribution in [3.8, 4) is 0 Å². The largest absolute Gasteiger partial charge is 0.465 e. The fourth-order valence-corrected chi connectivity index (χ4v) is 2.01. The Morgan fingerprint density at radius 3 is 3.00 bits per heavy atom.